The zero-order valence-corrected chi connectivity index (χ0v) is 11.9. The normalized spacial score (nSPS) is 25.5. The molecule has 104 valence electrons. The Morgan fingerprint density at radius 3 is 2.89 bits per heavy atom. The molecule has 1 aromatic heterocycles. The van der Waals surface area contributed by atoms with Crippen molar-refractivity contribution in [3.63, 3.8) is 0 Å². The van der Waals surface area contributed by atoms with E-state index < -0.39 is 0 Å². The van der Waals surface area contributed by atoms with E-state index in [1.54, 1.807) is 11.3 Å². The molecule has 0 saturated carbocycles. The lowest BCUT2D eigenvalue weighted by molar-refractivity contribution is -0.142. The van der Waals surface area contributed by atoms with Crippen LogP contribution in [0.4, 0.5) is 0 Å². The van der Waals surface area contributed by atoms with Crippen molar-refractivity contribution in [3.8, 4) is 0 Å². The molecule has 1 amide bonds. The number of ether oxygens (including phenoxy) is 1. The van der Waals surface area contributed by atoms with E-state index in [9.17, 15) is 4.79 Å². The van der Waals surface area contributed by atoms with Crippen LogP contribution in [0.25, 0.3) is 0 Å². The van der Waals surface area contributed by atoms with E-state index in [-0.39, 0.29) is 12.0 Å². The van der Waals surface area contributed by atoms with Gasteiger partial charge in [-0.1, -0.05) is 0 Å². The molecule has 0 N–H and O–H groups in total. The number of hydrogen-bond donors (Lipinski definition) is 0. The number of nitrogens with zero attached hydrogens (tertiary/aromatic N) is 2. The van der Waals surface area contributed by atoms with E-state index in [2.05, 4.69) is 9.88 Å². The van der Waals surface area contributed by atoms with Crippen LogP contribution in [-0.4, -0.2) is 35.5 Å². The van der Waals surface area contributed by atoms with Crippen LogP contribution in [0.2, 0.25) is 0 Å². The first-order valence-corrected chi connectivity index (χ1v) is 8.02. The second-order valence-electron chi connectivity index (χ2n) is 5.30. The van der Waals surface area contributed by atoms with Crippen LogP contribution < -0.4 is 0 Å². The van der Waals surface area contributed by atoms with E-state index in [1.807, 2.05) is 11.6 Å². The van der Waals surface area contributed by atoms with E-state index in [0.717, 1.165) is 50.4 Å². The number of aromatic nitrogens is 1. The van der Waals surface area contributed by atoms with Gasteiger partial charge in [0.05, 0.1) is 6.04 Å². The van der Waals surface area contributed by atoms with Crippen LogP contribution in [0.3, 0.4) is 0 Å². The van der Waals surface area contributed by atoms with Crippen molar-refractivity contribution >= 4 is 17.2 Å². The third-order valence-electron chi connectivity index (χ3n) is 4.09. The van der Waals surface area contributed by atoms with Crippen molar-refractivity contribution in [2.45, 2.75) is 38.1 Å². The Balaban J connectivity index is 1.74. The number of piperidine rings is 1. The predicted molar refractivity (Wildman–Crippen MR) is 74.0 cm³/mol. The highest BCUT2D eigenvalue weighted by Gasteiger charge is 2.34. The number of likely N-dealkylation sites (tertiary alicyclic amines) is 1. The number of thiazole rings is 1. The summed E-state index contributed by atoms with van der Waals surface area (Å²) >= 11 is 1.67. The molecule has 2 aliphatic rings. The first-order chi connectivity index (χ1) is 9.36. The fourth-order valence-electron chi connectivity index (χ4n) is 3.03. The molecule has 2 saturated heterocycles. The van der Waals surface area contributed by atoms with Gasteiger partial charge >= 0.3 is 0 Å². The van der Waals surface area contributed by atoms with Gasteiger partial charge in [-0.05, 0) is 32.1 Å². The molecule has 0 radical (unpaired) electrons. The molecule has 0 bridgehead atoms. The summed E-state index contributed by atoms with van der Waals surface area (Å²) in [6, 6.07) is 0.212. The average molecular weight is 280 g/mol. The molecule has 0 spiro atoms. The SMILES string of the molecule is O=C(C1CCOCC1)N1CCCC[C@H]1c1nccs1. The molecular weight excluding hydrogens is 260 g/mol. The van der Waals surface area contributed by atoms with Gasteiger partial charge in [0.25, 0.3) is 0 Å². The Labute approximate surface area is 117 Å². The topological polar surface area (TPSA) is 42.4 Å². The minimum Gasteiger partial charge on any atom is -0.381 e. The highest BCUT2D eigenvalue weighted by Crippen LogP contribution is 2.34. The highest BCUT2D eigenvalue weighted by atomic mass is 32.1. The Morgan fingerprint density at radius 1 is 1.32 bits per heavy atom. The molecule has 5 heteroatoms. The number of carbonyl (C=O) groups excluding carboxylic acids is 1. The zero-order chi connectivity index (χ0) is 13.1. The molecule has 19 heavy (non-hydrogen) atoms. The second-order valence-corrected chi connectivity index (χ2v) is 6.23. The van der Waals surface area contributed by atoms with E-state index in [1.165, 1.54) is 6.42 Å². The Bertz CT molecular complexity index is 415. The molecule has 1 atom stereocenters. The summed E-state index contributed by atoms with van der Waals surface area (Å²) in [4.78, 5) is 19.2. The van der Waals surface area contributed by atoms with Crippen molar-refractivity contribution in [3.05, 3.63) is 16.6 Å². The minimum absolute atomic E-state index is 0.161. The van der Waals surface area contributed by atoms with Gasteiger partial charge in [-0.2, -0.15) is 0 Å². The maximum absolute atomic E-state index is 12.7. The standard InChI is InChI=1S/C14H20N2O2S/c17-14(11-4-8-18-9-5-11)16-7-2-1-3-12(16)13-15-6-10-19-13/h6,10-12H,1-5,7-9H2/t12-/m0/s1. The Hall–Kier alpha value is -0.940. The van der Waals surface area contributed by atoms with Crippen molar-refractivity contribution in [1.82, 2.24) is 9.88 Å². The molecule has 4 nitrogen and oxygen atoms in total. The summed E-state index contributed by atoms with van der Waals surface area (Å²) in [6.45, 7) is 2.35. The zero-order valence-electron chi connectivity index (χ0n) is 11.1. The smallest absolute Gasteiger partial charge is 0.226 e. The minimum atomic E-state index is 0.161. The van der Waals surface area contributed by atoms with Crippen LogP contribution in [0.5, 0.6) is 0 Å². The highest BCUT2D eigenvalue weighted by molar-refractivity contribution is 7.09. The molecule has 0 aromatic carbocycles. The summed E-state index contributed by atoms with van der Waals surface area (Å²) < 4.78 is 5.36. The fraction of sp³-hybridized carbons (Fsp3) is 0.714. The van der Waals surface area contributed by atoms with Gasteiger partial charge in [0.15, 0.2) is 0 Å². The van der Waals surface area contributed by atoms with Crippen LogP contribution in [-0.2, 0) is 9.53 Å². The number of amides is 1. The Morgan fingerprint density at radius 2 is 2.16 bits per heavy atom. The molecule has 3 rings (SSSR count). The van der Waals surface area contributed by atoms with E-state index in [4.69, 9.17) is 4.74 Å². The average Bonchev–Trinajstić information content (AvgIpc) is 3.01. The van der Waals surface area contributed by atoms with Gasteiger partial charge in [0, 0.05) is 37.3 Å². The van der Waals surface area contributed by atoms with Gasteiger partial charge in [0.2, 0.25) is 5.91 Å². The van der Waals surface area contributed by atoms with Gasteiger partial charge in [-0.15, -0.1) is 11.3 Å². The van der Waals surface area contributed by atoms with Crippen molar-refractivity contribution < 1.29 is 9.53 Å². The third kappa shape index (κ3) is 2.82. The van der Waals surface area contributed by atoms with Gasteiger partial charge < -0.3 is 9.64 Å². The first kappa shape index (κ1) is 13.1. The maximum Gasteiger partial charge on any atom is 0.226 e. The molecule has 3 heterocycles. The van der Waals surface area contributed by atoms with Crippen LogP contribution in [0.15, 0.2) is 11.6 Å². The van der Waals surface area contributed by atoms with Crippen LogP contribution in [0.1, 0.15) is 43.2 Å². The number of rotatable bonds is 2. The van der Waals surface area contributed by atoms with Gasteiger partial charge in [-0.25, -0.2) is 4.98 Å². The monoisotopic (exact) mass is 280 g/mol. The number of carbonyl (C=O) groups is 1. The summed E-state index contributed by atoms with van der Waals surface area (Å²) in [5, 5.41) is 3.10. The maximum atomic E-state index is 12.7. The summed E-state index contributed by atoms with van der Waals surface area (Å²) in [5.41, 5.74) is 0. The predicted octanol–water partition coefficient (Wildman–Crippen LogP) is 2.62. The van der Waals surface area contributed by atoms with E-state index >= 15 is 0 Å². The third-order valence-corrected chi connectivity index (χ3v) is 4.97. The lowest BCUT2D eigenvalue weighted by atomic mass is 9.95. The van der Waals surface area contributed by atoms with Gasteiger partial charge in [0.1, 0.15) is 5.01 Å². The molecule has 0 aliphatic carbocycles. The van der Waals surface area contributed by atoms with Crippen molar-refractivity contribution in [2.75, 3.05) is 19.8 Å². The summed E-state index contributed by atoms with van der Waals surface area (Å²) in [7, 11) is 0. The molecule has 2 fully saturated rings. The molecular formula is C14H20N2O2S. The largest absolute Gasteiger partial charge is 0.381 e. The van der Waals surface area contributed by atoms with Crippen LogP contribution in [0, 0.1) is 5.92 Å². The van der Waals surface area contributed by atoms with E-state index in [0.29, 0.717) is 5.91 Å². The summed E-state index contributed by atoms with van der Waals surface area (Å²) in [5.74, 6) is 0.484. The number of hydrogen-bond acceptors (Lipinski definition) is 4. The molecule has 0 unspecified atom stereocenters. The lowest BCUT2D eigenvalue weighted by Gasteiger charge is -2.37. The second kappa shape index (κ2) is 6.01. The molecule has 1 aromatic rings. The van der Waals surface area contributed by atoms with Crippen LogP contribution >= 0.6 is 11.3 Å². The van der Waals surface area contributed by atoms with Gasteiger partial charge in [-0.3, -0.25) is 4.79 Å². The fourth-order valence-corrected chi connectivity index (χ4v) is 3.82. The molecule has 2 aliphatic heterocycles. The first-order valence-electron chi connectivity index (χ1n) is 7.14. The summed E-state index contributed by atoms with van der Waals surface area (Å²) in [6.07, 6.45) is 6.96. The quantitative estimate of drug-likeness (QED) is 0.836. The lowest BCUT2D eigenvalue weighted by Crippen LogP contribution is -2.43. The van der Waals surface area contributed by atoms with Crippen molar-refractivity contribution in [1.29, 1.82) is 0 Å². The van der Waals surface area contributed by atoms with Crippen molar-refractivity contribution in [2.24, 2.45) is 5.92 Å². The Kier molecular flexibility index (Phi) is 4.13.